The fraction of sp³-hybridized carbons (Fsp3) is 0.625. The molecule has 1 aromatic rings. The normalized spacial score (nSPS) is 24.2. The molecule has 0 aromatic heterocycles. The second kappa shape index (κ2) is 2.91. The van der Waals surface area contributed by atoms with Crippen LogP contribution in [-0.2, 0) is 25.7 Å². The summed E-state index contributed by atoms with van der Waals surface area (Å²) in [5.41, 5.74) is 7.49. The molecule has 1 aromatic carbocycles. The van der Waals surface area contributed by atoms with Crippen molar-refractivity contribution >= 4 is 0 Å². The number of rotatable bonds is 0. The Morgan fingerprint density at radius 3 is 1.12 bits per heavy atom. The highest BCUT2D eigenvalue weighted by Crippen LogP contribution is 2.42. The Hall–Kier alpha value is -0.780. The van der Waals surface area contributed by atoms with Crippen molar-refractivity contribution in [2.75, 3.05) is 0 Å². The van der Waals surface area contributed by atoms with Crippen molar-refractivity contribution in [2.24, 2.45) is 10.8 Å². The van der Waals surface area contributed by atoms with Crippen LogP contribution in [0.2, 0.25) is 0 Å². The van der Waals surface area contributed by atoms with Gasteiger partial charge in [0.25, 0.3) is 0 Å². The molecule has 0 atom stereocenters. The van der Waals surface area contributed by atoms with Crippen LogP contribution in [0.1, 0.15) is 49.9 Å². The van der Waals surface area contributed by atoms with E-state index in [4.69, 9.17) is 0 Å². The van der Waals surface area contributed by atoms with Crippen LogP contribution in [0.15, 0.2) is 12.1 Å². The van der Waals surface area contributed by atoms with Gasteiger partial charge in [-0.05, 0) is 58.8 Å². The van der Waals surface area contributed by atoms with Gasteiger partial charge in [-0.15, -0.1) is 0 Å². The van der Waals surface area contributed by atoms with Gasteiger partial charge in [0.1, 0.15) is 0 Å². The second-order valence-electron chi connectivity index (χ2n) is 7.43. The van der Waals surface area contributed by atoms with Crippen molar-refractivity contribution in [3.8, 4) is 0 Å². The van der Waals surface area contributed by atoms with Crippen LogP contribution in [0.4, 0.5) is 0 Å². The van der Waals surface area contributed by atoms with Gasteiger partial charge in [-0.25, -0.2) is 0 Å². The van der Waals surface area contributed by atoms with Gasteiger partial charge in [-0.2, -0.15) is 0 Å². The highest BCUT2D eigenvalue weighted by molar-refractivity contribution is 5.45. The quantitative estimate of drug-likeness (QED) is 0.613. The van der Waals surface area contributed by atoms with Gasteiger partial charge in [-0.1, -0.05) is 39.8 Å². The Balaban J connectivity index is 2.02. The first-order valence-corrected chi connectivity index (χ1v) is 6.48. The Kier molecular flexibility index (Phi) is 1.89. The molecule has 0 spiro atoms. The van der Waals surface area contributed by atoms with Gasteiger partial charge in [0.05, 0.1) is 0 Å². The third-order valence-corrected chi connectivity index (χ3v) is 4.20. The number of hydrogen-bond donors (Lipinski definition) is 0. The molecule has 0 saturated carbocycles. The van der Waals surface area contributed by atoms with Gasteiger partial charge in [0, 0.05) is 0 Å². The SMILES string of the molecule is CC1(C)Cc2cc3c(cc2C1)CC(C)(C)C3. The molecule has 0 aliphatic heterocycles. The average molecular weight is 214 g/mol. The zero-order chi connectivity index (χ0) is 11.6. The van der Waals surface area contributed by atoms with E-state index in [1.807, 2.05) is 0 Å². The van der Waals surface area contributed by atoms with E-state index < -0.39 is 0 Å². The summed E-state index contributed by atoms with van der Waals surface area (Å²) in [5, 5.41) is 0. The molecule has 0 amide bonds. The first-order chi connectivity index (χ1) is 7.35. The molecule has 2 aliphatic rings. The van der Waals surface area contributed by atoms with Gasteiger partial charge in [-0.3, -0.25) is 0 Å². The van der Waals surface area contributed by atoms with E-state index in [-0.39, 0.29) is 0 Å². The summed E-state index contributed by atoms with van der Waals surface area (Å²) >= 11 is 0. The lowest BCUT2D eigenvalue weighted by atomic mass is 9.89. The summed E-state index contributed by atoms with van der Waals surface area (Å²) in [5.74, 6) is 0. The molecule has 0 N–H and O–H groups in total. The molecule has 3 rings (SSSR count). The minimum absolute atomic E-state index is 0.493. The molecule has 86 valence electrons. The second-order valence-corrected chi connectivity index (χ2v) is 7.43. The molecular weight excluding hydrogens is 192 g/mol. The van der Waals surface area contributed by atoms with Crippen LogP contribution >= 0.6 is 0 Å². The smallest absolute Gasteiger partial charge is 0.0221 e. The minimum Gasteiger partial charge on any atom is -0.0593 e. The number of fused-ring (bicyclic) bond motifs is 2. The zero-order valence-electron chi connectivity index (χ0n) is 11.0. The van der Waals surface area contributed by atoms with Crippen LogP contribution < -0.4 is 0 Å². The molecule has 0 heteroatoms. The molecule has 0 radical (unpaired) electrons. The molecule has 16 heavy (non-hydrogen) atoms. The monoisotopic (exact) mass is 214 g/mol. The van der Waals surface area contributed by atoms with Crippen molar-refractivity contribution in [3.05, 3.63) is 34.4 Å². The van der Waals surface area contributed by atoms with Crippen LogP contribution in [-0.4, -0.2) is 0 Å². The Bertz CT molecular complexity index is 371. The van der Waals surface area contributed by atoms with E-state index in [2.05, 4.69) is 39.8 Å². The minimum atomic E-state index is 0.493. The lowest BCUT2D eigenvalue weighted by Gasteiger charge is -2.16. The fourth-order valence-electron chi connectivity index (χ4n) is 3.64. The van der Waals surface area contributed by atoms with E-state index in [1.165, 1.54) is 25.7 Å². The van der Waals surface area contributed by atoms with Crippen LogP contribution in [0, 0.1) is 10.8 Å². The molecular formula is C16H22. The molecule has 0 heterocycles. The summed E-state index contributed by atoms with van der Waals surface area (Å²) in [4.78, 5) is 0. The van der Waals surface area contributed by atoms with E-state index in [0.717, 1.165) is 0 Å². The third-order valence-electron chi connectivity index (χ3n) is 4.20. The van der Waals surface area contributed by atoms with Crippen molar-refractivity contribution in [3.63, 3.8) is 0 Å². The average Bonchev–Trinajstić information content (AvgIpc) is 2.51. The Morgan fingerprint density at radius 2 is 0.875 bits per heavy atom. The van der Waals surface area contributed by atoms with Crippen LogP contribution in [0.25, 0.3) is 0 Å². The predicted octanol–water partition coefficient (Wildman–Crippen LogP) is 3.94. The maximum absolute atomic E-state index is 2.51. The molecule has 0 unspecified atom stereocenters. The van der Waals surface area contributed by atoms with E-state index in [0.29, 0.717) is 10.8 Å². The first-order valence-electron chi connectivity index (χ1n) is 6.48. The van der Waals surface area contributed by atoms with Gasteiger partial charge in [0.2, 0.25) is 0 Å². The molecule has 0 fully saturated rings. The largest absolute Gasteiger partial charge is 0.0593 e. The summed E-state index contributed by atoms with van der Waals surface area (Å²) < 4.78 is 0. The van der Waals surface area contributed by atoms with E-state index in [9.17, 15) is 0 Å². The zero-order valence-corrected chi connectivity index (χ0v) is 11.0. The highest BCUT2D eigenvalue weighted by Gasteiger charge is 2.33. The van der Waals surface area contributed by atoms with Crippen molar-refractivity contribution < 1.29 is 0 Å². The van der Waals surface area contributed by atoms with Crippen molar-refractivity contribution in [2.45, 2.75) is 53.4 Å². The lowest BCUT2D eigenvalue weighted by molar-refractivity contribution is 0.388. The Morgan fingerprint density at radius 1 is 0.625 bits per heavy atom. The van der Waals surface area contributed by atoms with Crippen LogP contribution in [0.3, 0.4) is 0 Å². The summed E-state index contributed by atoms with van der Waals surface area (Å²) in [7, 11) is 0. The molecule has 0 nitrogen and oxygen atoms in total. The van der Waals surface area contributed by atoms with Gasteiger partial charge >= 0.3 is 0 Å². The van der Waals surface area contributed by atoms with E-state index >= 15 is 0 Å². The number of benzene rings is 1. The van der Waals surface area contributed by atoms with Crippen molar-refractivity contribution in [1.82, 2.24) is 0 Å². The standard InChI is InChI=1S/C16H22/c1-15(2)7-11-5-13-9-16(3,4)10-14(13)6-12(11)8-15/h5-6H,7-10H2,1-4H3. The maximum Gasteiger partial charge on any atom is -0.0221 e. The lowest BCUT2D eigenvalue weighted by Crippen LogP contribution is -2.10. The third kappa shape index (κ3) is 1.59. The summed E-state index contributed by atoms with van der Waals surface area (Å²) in [6.45, 7) is 9.56. The topological polar surface area (TPSA) is 0 Å². The Labute approximate surface area is 99.1 Å². The van der Waals surface area contributed by atoms with Crippen molar-refractivity contribution in [1.29, 1.82) is 0 Å². The van der Waals surface area contributed by atoms with Crippen LogP contribution in [0.5, 0.6) is 0 Å². The number of hydrogen-bond acceptors (Lipinski definition) is 0. The molecule has 0 bridgehead atoms. The van der Waals surface area contributed by atoms with E-state index in [1.54, 1.807) is 22.3 Å². The first kappa shape index (κ1) is 10.4. The predicted molar refractivity (Wildman–Crippen MR) is 68.8 cm³/mol. The van der Waals surface area contributed by atoms with Gasteiger partial charge in [0.15, 0.2) is 0 Å². The summed E-state index contributed by atoms with van der Waals surface area (Å²) in [6.07, 6.45) is 5.10. The van der Waals surface area contributed by atoms with Gasteiger partial charge < -0.3 is 0 Å². The highest BCUT2D eigenvalue weighted by atomic mass is 14.4. The molecule has 0 saturated heterocycles. The maximum atomic E-state index is 2.51. The molecule has 2 aliphatic carbocycles. The summed E-state index contributed by atoms with van der Waals surface area (Å²) in [6, 6.07) is 5.02. The fourth-order valence-corrected chi connectivity index (χ4v) is 3.64.